The zero-order chi connectivity index (χ0) is 12.8. The minimum absolute atomic E-state index is 0.173. The highest BCUT2D eigenvalue weighted by molar-refractivity contribution is 5.76. The van der Waals surface area contributed by atoms with Gasteiger partial charge >= 0.3 is 0 Å². The first-order valence-corrected chi connectivity index (χ1v) is 5.84. The number of rotatable bonds is 12. The summed E-state index contributed by atoms with van der Waals surface area (Å²) in [5.74, 6) is -0.233. The molecular formula is C11H21NO5. The molecule has 0 aliphatic heterocycles. The van der Waals surface area contributed by atoms with Crippen molar-refractivity contribution in [3.8, 4) is 0 Å². The third-order valence-corrected chi connectivity index (χ3v) is 2.13. The Balaban J connectivity index is 3.11. The van der Waals surface area contributed by atoms with Crippen LogP contribution in [0.3, 0.4) is 0 Å². The van der Waals surface area contributed by atoms with E-state index >= 15 is 0 Å². The zero-order valence-electron chi connectivity index (χ0n) is 10.3. The van der Waals surface area contributed by atoms with Gasteiger partial charge in [-0.2, -0.15) is 4.89 Å². The summed E-state index contributed by atoms with van der Waals surface area (Å²) in [6, 6.07) is 0. The number of carbonyl (C=O) groups excluding carboxylic acids is 2. The Morgan fingerprint density at radius 1 is 1.18 bits per heavy atom. The van der Waals surface area contributed by atoms with Crippen LogP contribution in [0.4, 0.5) is 0 Å². The molecular weight excluding hydrogens is 226 g/mol. The van der Waals surface area contributed by atoms with Crippen molar-refractivity contribution in [1.82, 2.24) is 5.32 Å². The van der Waals surface area contributed by atoms with Crippen molar-refractivity contribution >= 4 is 12.2 Å². The predicted molar refractivity (Wildman–Crippen MR) is 60.8 cm³/mol. The van der Waals surface area contributed by atoms with Crippen LogP contribution in [0.15, 0.2) is 0 Å². The van der Waals surface area contributed by atoms with Crippen LogP contribution >= 0.6 is 0 Å². The quantitative estimate of drug-likeness (QED) is 0.242. The molecule has 0 fully saturated rings. The monoisotopic (exact) mass is 247 g/mol. The Bertz CT molecular complexity index is 198. The van der Waals surface area contributed by atoms with Crippen molar-refractivity contribution in [3.63, 3.8) is 0 Å². The van der Waals surface area contributed by atoms with E-state index in [1.807, 2.05) is 0 Å². The van der Waals surface area contributed by atoms with Crippen LogP contribution < -0.4 is 5.32 Å². The lowest BCUT2D eigenvalue weighted by Crippen LogP contribution is -2.28. The van der Waals surface area contributed by atoms with Gasteiger partial charge in [0.1, 0.15) is 6.29 Å². The average Bonchev–Trinajstić information content (AvgIpc) is 2.33. The summed E-state index contributed by atoms with van der Waals surface area (Å²) in [6.45, 7) is 0.454. The third kappa shape index (κ3) is 13.0. The Hall–Kier alpha value is -0.980. The van der Waals surface area contributed by atoms with Gasteiger partial charge in [0, 0.05) is 13.0 Å². The molecule has 0 atom stereocenters. The summed E-state index contributed by atoms with van der Waals surface area (Å²) >= 11 is 0. The summed E-state index contributed by atoms with van der Waals surface area (Å²) in [5, 5.41) is 6.79. The van der Waals surface area contributed by atoms with Crippen molar-refractivity contribution in [2.24, 2.45) is 0 Å². The first-order chi connectivity index (χ1) is 8.31. The lowest BCUT2D eigenvalue weighted by Gasteiger charge is -2.04. The summed E-state index contributed by atoms with van der Waals surface area (Å²) in [6.07, 6.45) is 6.69. The van der Waals surface area contributed by atoms with Crippen molar-refractivity contribution in [2.75, 3.05) is 20.3 Å². The molecule has 0 unspecified atom stereocenters. The smallest absolute Gasteiger partial charge is 0.249 e. The van der Waals surface area contributed by atoms with Crippen LogP contribution in [0.5, 0.6) is 0 Å². The molecule has 0 aromatic rings. The number of nitrogens with one attached hydrogen (secondary N) is 1. The standard InChI is InChI=1S/C11H21NO5/c1-15-17-16-10-11(14)12-8-6-4-2-3-5-7-9-13/h9H,2-8,10H2,1H3,(H,12,14). The molecule has 0 bridgehead atoms. The molecule has 0 saturated carbocycles. The summed E-state index contributed by atoms with van der Waals surface area (Å²) in [4.78, 5) is 29.7. The molecule has 0 heterocycles. The van der Waals surface area contributed by atoms with Crippen LogP contribution in [-0.4, -0.2) is 32.5 Å². The Morgan fingerprint density at radius 3 is 2.59 bits per heavy atom. The van der Waals surface area contributed by atoms with Gasteiger partial charge in [0.15, 0.2) is 6.61 Å². The van der Waals surface area contributed by atoms with Gasteiger partial charge in [-0.15, -0.1) is 0 Å². The molecule has 0 radical (unpaired) electrons. The van der Waals surface area contributed by atoms with E-state index in [1.165, 1.54) is 7.11 Å². The number of amides is 1. The predicted octanol–water partition coefficient (Wildman–Crippen LogP) is 1.15. The molecule has 0 aliphatic carbocycles. The molecule has 0 aliphatic rings. The van der Waals surface area contributed by atoms with E-state index in [0.29, 0.717) is 13.0 Å². The highest BCUT2D eigenvalue weighted by atomic mass is 17.5. The first kappa shape index (κ1) is 16.0. The fraction of sp³-hybridized carbons (Fsp3) is 0.818. The molecule has 0 saturated heterocycles. The highest BCUT2D eigenvalue weighted by Gasteiger charge is 2.00. The van der Waals surface area contributed by atoms with E-state index in [4.69, 9.17) is 0 Å². The van der Waals surface area contributed by atoms with Crippen LogP contribution in [0.25, 0.3) is 0 Å². The van der Waals surface area contributed by atoms with Gasteiger partial charge in [-0.1, -0.05) is 24.3 Å². The minimum atomic E-state index is -0.233. The van der Waals surface area contributed by atoms with E-state index in [-0.39, 0.29) is 12.5 Å². The molecule has 0 aromatic heterocycles. The molecule has 0 aromatic carbocycles. The van der Waals surface area contributed by atoms with E-state index in [1.54, 1.807) is 0 Å². The van der Waals surface area contributed by atoms with Gasteiger partial charge < -0.3 is 10.1 Å². The SMILES string of the molecule is COOOCC(=O)NCCCCCCCC=O. The highest BCUT2D eigenvalue weighted by Crippen LogP contribution is 2.03. The second-order valence-corrected chi connectivity index (χ2v) is 3.57. The van der Waals surface area contributed by atoms with Crippen LogP contribution in [0.2, 0.25) is 0 Å². The number of unbranched alkanes of at least 4 members (excludes halogenated alkanes) is 5. The topological polar surface area (TPSA) is 73.9 Å². The minimum Gasteiger partial charge on any atom is -0.354 e. The lowest BCUT2D eigenvalue weighted by molar-refractivity contribution is -0.498. The second-order valence-electron chi connectivity index (χ2n) is 3.57. The van der Waals surface area contributed by atoms with E-state index in [9.17, 15) is 9.59 Å². The average molecular weight is 247 g/mol. The number of hydrogen-bond acceptors (Lipinski definition) is 5. The summed E-state index contributed by atoms with van der Waals surface area (Å²) in [5.41, 5.74) is 0. The normalized spacial score (nSPS) is 10.2. The van der Waals surface area contributed by atoms with Crippen molar-refractivity contribution in [2.45, 2.75) is 38.5 Å². The molecule has 0 spiro atoms. The lowest BCUT2D eigenvalue weighted by atomic mass is 10.1. The van der Waals surface area contributed by atoms with Gasteiger partial charge in [-0.05, 0) is 12.8 Å². The van der Waals surface area contributed by atoms with Gasteiger partial charge in [0.25, 0.3) is 0 Å². The summed E-state index contributed by atoms with van der Waals surface area (Å²) in [7, 11) is 1.29. The van der Waals surface area contributed by atoms with Gasteiger partial charge in [-0.25, -0.2) is 4.89 Å². The second kappa shape index (κ2) is 13.1. The largest absolute Gasteiger partial charge is 0.354 e. The molecule has 1 N–H and O–H groups in total. The zero-order valence-corrected chi connectivity index (χ0v) is 10.3. The number of aldehydes is 1. The maximum Gasteiger partial charge on any atom is 0.249 e. The Morgan fingerprint density at radius 2 is 1.88 bits per heavy atom. The number of hydrogen-bond donors (Lipinski definition) is 1. The molecule has 6 nitrogen and oxygen atoms in total. The van der Waals surface area contributed by atoms with Crippen LogP contribution in [-0.2, 0) is 24.4 Å². The Kier molecular flexibility index (Phi) is 12.3. The summed E-state index contributed by atoms with van der Waals surface area (Å²) < 4.78 is 0. The van der Waals surface area contributed by atoms with Crippen LogP contribution in [0.1, 0.15) is 38.5 Å². The fourth-order valence-electron chi connectivity index (χ4n) is 1.29. The van der Waals surface area contributed by atoms with Crippen molar-refractivity contribution < 1.29 is 24.4 Å². The van der Waals surface area contributed by atoms with Gasteiger partial charge in [0.2, 0.25) is 5.91 Å². The third-order valence-electron chi connectivity index (χ3n) is 2.13. The van der Waals surface area contributed by atoms with Crippen molar-refractivity contribution in [1.29, 1.82) is 0 Å². The van der Waals surface area contributed by atoms with E-state index in [2.05, 4.69) is 20.1 Å². The van der Waals surface area contributed by atoms with Gasteiger partial charge in [0.05, 0.1) is 7.11 Å². The van der Waals surface area contributed by atoms with E-state index < -0.39 is 0 Å². The fourth-order valence-corrected chi connectivity index (χ4v) is 1.29. The molecule has 6 heteroatoms. The molecule has 100 valence electrons. The Labute approximate surface area is 101 Å². The van der Waals surface area contributed by atoms with Crippen molar-refractivity contribution in [3.05, 3.63) is 0 Å². The molecule has 17 heavy (non-hydrogen) atoms. The number of carbonyl (C=O) groups is 2. The maximum atomic E-state index is 11.1. The van der Waals surface area contributed by atoms with Gasteiger partial charge in [-0.3, -0.25) is 4.79 Å². The molecule has 0 rings (SSSR count). The maximum absolute atomic E-state index is 11.1. The first-order valence-electron chi connectivity index (χ1n) is 5.84. The molecule has 1 amide bonds. The van der Waals surface area contributed by atoms with E-state index in [0.717, 1.165) is 38.4 Å². The van der Waals surface area contributed by atoms with Crippen LogP contribution in [0, 0.1) is 0 Å².